The number of thiophene rings is 2. The van der Waals surface area contributed by atoms with E-state index in [2.05, 4.69) is 4.74 Å². The Hall–Kier alpha value is -1.40. The molecule has 2 aromatic heterocycles. The molecule has 0 atom stereocenters. The Morgan fingerprint density at radius 1 is 1.47 bits per heavy atom. The second kappa shape index (κ2) is 3.63. The Bertz CT molecular complexity index is 541. The predicted octanol–water partition coefficient (Wildman–Crippen LogP) is 1.85. The molecule has 1 amide bonds. The molecule has 0 radical (unpaired) electrons. The largest absolute Gasteiger partial charge is 0.465 e. The molecule has 0 aliphatic carbocycles. The van der Waals surface area contributed by atoms with Crippen molar-refractivity contribution in [3.63, 3.8) is 0 Å². The maximum Gasteiger partial charge on any atom is 0.339 e. The Morgan fingerprint density at radius 2 is 2.20 bits per heavy atom. The molecule has 0 spiro atoms. The van der Waals surface area contributed by atoms with E-state index in [9.17, 15) is 9.59 Å². The smallest absolute Gasteiger partial charge is 0.339 e. The Morgan fingerprint density at radius 3 is 2.80 bits per heavy atom. The van der Waals surface area contributed by atoms with Gasteiger partial charge in [-0.3, -0.25) is 4.79 Å². The van der Waals surface area contributed by atoms with Crippen LogP contribution in [0.1, 0.15) is 20.0 Å². The molecular weight excluding hydrogens is 234 g/mol. The molecule has 2 heterocycles. The minimum Gasteiger partial charge on any atom is -0.465 e. The van der Waals surface area contributed by atoms with Crippen LogP contribution in [0.25, 0.3) is 9.40 Å². The van der Waals surface area contributed by atoms with Crippen LogP contribution in [0.15, 0.2) is 11.4 Å². The molecule has 2 N–H and O–H groups in total. The summed E-state index contributed by atoms with van der Waals surface area (Å²) in [5, 5.41) is 2.46. The minimum atomic E-state index is -0.473. The number of ether oxygens (including phenoxy) is 1. The number of esters is 1. The summed E-state index contributed by atoms with van der Waals surface area (Å²) >= 11 is 2.70. The number of nitrogens with two attached hydrogens (primary N) is 1. The summed E-state index contributed by atoms with van der Waals surface area (Å²) < 4.78 is 5.54. The van der Waals surface area contributed by atoms with Crippen molar-refractivity contribution < 1.29 is 14.3 Å². The number of carbonyl (C=O) groups is 2. The van der Waals surface area contributed by atoms with Crippen LogP contribution in [0.5, 0.6) is 0 Å². The van der Waals surface area contributed by atoms with Crippen molar-refractivity contribution in [2.75, 3.05) is 7.11 Å². The standard InChI is InChI=1S/C9H7NO3S2/c1-13-8(12)5-3-14-9-4(5)2-6(15-9)7(10)11/h2-3H,1H3,(H2,10,11). The summed E-state index contributed by atoms with van der Waals surface area (Å²) in [5.41, 5.74) is 5.64. The van der Waals surface area contributed by atoms with Gasteiger partial charge in [0.05, 0.1) is 21.6 Å². The van der Waals surface area contributed by atoms with Gasteiger partial charge in [0.15, 0.2) is 0 Å². The fourth-order valence-electron chi connectivity index (χ4n) is 1.21. The van der Waals surface area contributed by atoms with E-state index in [1.54, 1.807) is 11.4 Å². The van der Waals surface area contributed by atoms with Crippen molar-refractivity contribution in [2.45, 2.75) is 0 Å². The van der Waals surface area contributed by atoms with Crippen molar-refractivity contribution in [2.24, 2.45) is 5.73 Å². The summed E-state index contributed by atoms with van der Waals surface area (Å²) in [6.07, 6.45) is 0. The van der Waals surface area contributed by atoms with Crippen LogP contribution in [0.3, 0.4) is 0 Å². The van der Waals surface area contributed by atoms with Crippen LogP contribution in [0.2, 0.25) is 0 Å². The molecular formula is C9H7NO3S2. The van der Waals surface area contributed by atoms with Crippen molar-refractivity contribution >= 4 is 43.9 Å². The highest BCUT2D eigenvalue weighted by atomic mass is 32.2. The first-order chi connectivity index (χ1) is 7.13. The SMILES string of the molecule is COC(=O)c1csc2sc(C(N)=O)cc12. The van der Waals surface area contributed by atoms with E-state index in [0.29, 0.717) is 10.4 Å². The van der Waals surface area contributed by atoms with E-state index in [1.807, 2.05) is 0 Å². The van der Waals surface area contributed by atoms with Crippen LogP contribution in [-0.2, 0) is 4.74 Å². The molecule has 0 aromatic carbocycles. The number of carbonyl (C=O) groups excluding carboxylic acids is 2. The monoisotopic (exact) mass is 241 g/mol. The van der Waals surface area contributed by atoms with E-state index in [4.69, 9.17) is 5.73 Å². The third-order valence-electron chi connectivity index (χ3n) is 1.92. The molecule has 0 aliphatic heterocycles. The summed E-state index contributed by atoms with van der Waals surface area (Å²) in [6, 6.07) is 1.63. The highest BCUT2D eigenvalue weighted by molar-refractivity contribution is 7.38. The number of rotatable bonds is 2. The van der Waals surface area contributed by atoms with Crippen molar-refractivity contribution in [1.29, 1.82) is 0 Å². The fourth-order valence-corrected chi connectivity index (χ4v) is 3.32. The molecule has 0 unspecified atom stereocenters. The maximum absolute atomic E-state index is 11.3. The summed E-state index contributed by atoms with van der Waals surface area (Å²) in [4.78, 5) is 22.7. The Kier molecular flexibility index (Phi) is 2.45. The molecule has 4 nitrogen and oxygen atoms in total. The predicted molar refractivity (Wildman–Crippen MR) is 59.6 cm³/mol. The molecule has 0 saturated heterocycles. The number of hydrogen-bond donors (Lipinski definition) is 1. The van der Waals surface area contributed by atoms with Gasteiger partial charge in [0.1, 0.15) is 0 Å². The van der Waals surface area contributed by atoms with Gasteiger partial charge in [0.2, 0.25) is 0 Å². The zero-order valence-corrected chi connectivity index (χ0v) is 9.41. The van der Waals surface area contributed by atoms with E-state index in [-0.39, 0.29) is 0 Å². The molecule has 0 bridgehead atoms. The molecule has 15 heavy (non-hydrogen) atoms. The van der Waals surface area contributed by atoms with Crippen molar-refractivity contribution in [1.82, 2.24) is 0 Å². The summed E-state index contributed by atoms with van der Waals surface area (Å²) in [7, 11) is 1.33. The number of hydrogen-bond acceptors (Lipinski definition) is 5. The van der Waals surface area contributed by atoms with Gasteiger partial charge in [-0.2, -0.15) is 0 Å². The lowest BCUT2D eigenvalue weighted by Gasteiger charge is -1.93. The van der Waals surface area contributed by atoms with E-state index in [0.717, 1.165) is 9.40 Å². The lowest BCUT2D eigenvalue weighted by molar-refractivity contribution is 0.0603. The van der Waals surface area contributed by atoms with Crippen molar-refractivity contribution in [3.05, 3.63) is 21.9 Å². The molecule has 6 heteroatoms. The number of primary amides is 1. The summed E-state index contributed by atoms with van der Waals surface area (Å²) in [6.45, 7) is 0. The number of methoxy groups -OCH3 is 1. The van der Waals surface area contributed by atoms with E-state index < -0.39 is 11.9 Å². The fraction of sp³-hybridized carbons (Fsp3) is 0.111. The summed E-state index contributed by atoms with van der Waals surface area (Å²) in [5.74, 6) is -0.866. The minimum absolute atomic E-state index is 0.393. The third-order valence-corrected chi connectivity index (χ3v) is 4.19. The van der Waals surface area contributed by atoms with Gasteiger partial charge in [-0.25, -0.2) is 4.79 Å². The molecule has 2 aromatic rings. The second-order valence-corrected chi connectivity index (χ2v) is 5.01. The maximum atomic E-state index is 11.3. The van der Waals surface area contributed by atoms with Crippen LogP contribution in [0, 0.1) is 0 Å². The van der Waals surface area contributed by atoms with Gasteiger partial charge in [0.25, 0.3) is 5.91 Å². The highest BCUT2D eigenvalue weighted by Gasteiger charge is 2.16. The second-order valence-electron chi connectivity index (χ2n) is 2.82. The van der Waals surface area contributed by atoms with E-state index in [1.165, 1.54) is 29.8 Å². The van der Waals surface area contributed by atoms with Crippen molar-refractivity contribution in [3.8, 4) is 0 Å². The highest BCUT2D eigenvalue weighted by Crippen LogP contribution is 2.34. The third kappa shape index (κ3) is 1.62. The molecule has 78 valence electrons. The zero-order valence-electron chi connectivity index (χ0n) is 7.77. The van der Waals surface area contributed by atoms with Gasteiger partial charge in [-0.1, -0.05) is 0 Å². The first kappa shape index (κ1) is 10.1. The Labute approximate surface area is 93.3 Å². The number of fused-ring (bicyclic) bond motifs is 1. The average Bonchev–Trinajstić information content (AvgIpc) is 2.74. The zero-order chi connectivity index (χ0) is 11.0. The molecule has 0 fully saturated rings. The van der Waals surface area contributed by atoms with Gasteiger partial charge >= 0.3 is 5.97 Å². The molecule has 2 rings (SSSR count). The quantitative estimate of drug-likeness (QED) is 0.816. The van der Waals surface area contributed by atoms with Gasteiger partial charge < -0.3 is 10.5 Å². The van der Waals surface area contributed by atoms with Crippen LogP contribution in [-0.4, -0.2) is 19.0 Å². The normalized spacial score (nSPS) is 10.5. The van der Waals surface area contributed by atoms with Gasteiger partial charge in [0, 0.05) is 10.8 Å². The van der Waals surface area contributed by atoms with Gasteiger partial charge in [-0.15, -0.1) is 22.7 Å². The first-order valence-corrected chi connectivity index (χ1v) is 5.72. The van der Waals surface area contributed by atoms with Crippen LogP contribution < -0.4 is 5.73 Å². The van der Waals surface area contributed by atoms with Crippen LogP contribution in [0.4, 0.5) is 0 Å². The lowest BCUT2D eigenvalue weighted by atomic mass is 10.2. The topological polar surface area (TPSA) is 69.4 Å². The Balaban J connectivity index is 2.58. The lowest BCUT2D eigenvalue weighted by Crippen LogP contribution is -2.08. The van der Waals surface area contributed by atoms with E-state index >= 15 is 0 Å². The molecule has 0 aliphatic rings. The first-order valence-electron chi connectivity index (χ1n) is 4.02. The number of amides is 1. The van der Waals surface area contributed by atoms with Crippen LogP contribution >= 0.6 is 22.7 Å². The van der Waals surface area contributed by atoms with Gasteiger partial charge in [-0.05, 0) is 6.07 Å². The molecule has 0 saturated carbocycles. The average molecular weight is 241 g/mol.